The molecule has 1 unspecified atom stereocenters. The molecule has 3 aromatic rings. The molecule has 1 fully saturated rings. The van der Waals surface area contributed by atoms with E-state index in [1.54, 1.807) is 11.0 Å². The second kappa shape index (κ2) is 8.31. The smallest absolute Gasteiger partial charge is 0.222 e. The van der Waals surface area contributed by atoms with Gasteiger partial charge in [-0.15, -0.1) is 0 Å². The molecule has 1 atom stereocenters. The number of aromatic nitrogens is 3. The van der Waals surface area contributed by atoms with Crippen LogP contribution in [0.5, 0.6) is 0 Å². The minimum absolute atomic E-state index is 0.0452. The van der Waals surface area contributed by atoms with E-state index in [1.165, 1.54) is 22.7 Å². The van der Waals surface area contributed by atoms with E-state index in [4.69, 9.17) is 4.74 Å². The second-order valence-corrected chi connectivity index (χ2v) is 6.94. The zero-order valence-electron chi connectivity index (χ0n) is 15.3. The average molecular weight is 364 g/mol. The molecule has 1 saturated heterocycles. The van der Waals surface area contributed by atoms with Crippen LogP contribution < -0.4 is 0 Å². The third-order valence-electron chi connectivity index (χ3n) is 5.06. The minimum atomic E-state index is 0.0452. The van der Waals surface area contributed by atoms with E-state index >= 15 is 0 Å². The fourth-order valence-electron chi connectivity index (χ4n) is 3.68. The van der Waals surface area contributed by atoms with E-state index in [0.717, 1.165) is 19.4 Å². The number of nitrogens with zero attached hydrogens (tertiary/aromatic N) is 4. The number of carbonyl (C=O) groups is 1. The van der Waals surface area contributed by atoms with E-state index < -0.39 is 0 Å². The summed E-state index contributed by atoms with van der Waals surface area (Å²) in [6.45, 7) is 2.65. The fourth-order valence-corrected chi connectivity index (χ4v) is 3.68. The van der Waals surface area contributed by atoms with Crippen molar-refractivity contribution in [3.63, 3.8) is 0 Å². The molecular formula is C21H24N4O2. The predicted molar refractivity (Wildman–Crippen MR) is 103 cm³/mol. The van der Waals surface area contributed by atoms with Gasteiger partial charge in [0.1, 0.15) is 12.7 Å². The molecule has 27 heavy (non-hydrogen) atoms. The fraction of sp³-hybridized carbons (Fsp3) is 0.381. The Hall–Kier alpha value is -2.73. The first kappa shape index (κ1) is 17.7. The first-order valence-corrected chi connectivity index (χ1v) is 9.48. The lowest BCUT2D eigenvalue weighted by Gasteiger charge is -2.33. The van der Waals surface area contributed by atoms with E-state index in [9.17, 15) is 4.79 Å². The van der Waals surface area contributed by atoms with E-state index in [2.05, 4.69) is 52.5 Å². The Bertz CT molecular complexity index is 889. The van der Waals surface area contributed by atoms with Crippen molar-refractivity contribution in [1.29, 1.82) is 0 Å². The van der Waals surface area contributed by atoms with Crippen molar-refractivity contribution in [1.82, 2.24) is 19.7 Å². The molecule has 0 bridgehead atoms. The topological polar surface area (TPSA) is 60.2 Å². The van der Waals surface area contributed by atoms with Gasteiger partial charge >= 0.3 is 0 Å². The molecular weight excluding hydrogens is 340 g/mol. The SMILES string of the molecule is O=C(CCCn1cncn1)N1CCOC(Cc2cccc3ccccc23)C1. The maximum absolute atomic E-state index is 12.6. The summed E-state index contributed by atoms with van der Waals surface area (Å²) in [4.78, 5) is 18.4. The highest BCUT2D eigenvalue weighted by atomic mass is 16.5. The van der Waals surface area contributed by atoms with Crippen LogP contribution in [-0.4, -0.2) is 51.4 Å². The lowest BCUT2D eigenvalue weighted by Crippen LogP contribution is -2.46. The molecule has 1 amide bonds. The van der Waals surface area contributed by atoms with Crippen LogP contribution in [0.25, 0.3) is 10.8 Å². The summed E-state index contributed by atoms with van der Waals surface area (Å²) in [6, 6.07) is 14.8. The molecule has 0 saturated carbocycles. The van der Waals surface area contributed by atoms with Gasteiger partial charge in [0.25, 0.3) is 0 Å². The second-order valence-electron chi connectivity index (χ2n) is 6.94. The number of ether oxygens (including phenoxy) is 1. The number of rotatable bonds is 6. The highest BCUT2D eigenvalue weighted by Gasteiger charge is 2.24. The third-order valence-corrected chi connectivity index (χ3v) is 5.06. The first-order valence-electron chi connectivity index (χ1n) is 9.48. The van der Waals surface area contributed by atoms with Crippen LogP contribution >= 0.6 is 0 Å². The molecule has 1 aliphatic rings. The van der Waals surface area contributed by atoms with Gasteiger partial charge in [-0.2, -0.15) is 5.10 Å². The lowest BCUT2D eigenvalue weighted by molar-refractivity contribution is -0.138. The summed E-state index contributed by atoms with van der Waals surface area (Å²) < 4.78 is 7.72. The number of amides is 1. The van der Waals surface area contributed by atoms with E-state index in [-0.39, 0.29) is 12.0 Å². The molecule has 0 spiro atoms. The average Bonchev–Trinajstić information content (AvgIpc) is 3.22. The summed E-state index contributed by atoms with van der Waals surface area (Å²) in [5, 5.41) is 6.58. The molecule has 2 heterocycles. The molecule has 4 rings (SSSR count). The molecule has 0 radical (unpaired) electrons. The molecule has 2 aromatic carbocycles. The van der Waals surface area contributed by atoms with Crippen molar-refractivity contribution in [3.05, 3.63) is 60.7 Å². The number of hydrogen-bond donors (Lipinski definition) is 0. The largest absolute Gasteiger partial charge is 0.374 e. The lowest BCUT2D eigenvalue weighted by atomic mass is 9.99. The molecule has 140 valence electrons. The quantitative estimate of drug-likeness (QED) is 0.675. The van der Waals surface area contributed by atoms with Crippen LogP contribution in [0.4, 0.5) is 0 Å². The molecule has 0 aliphatic carbocycles. The highest BCUT2D eigenvalue weighted by molar-refractivity contribution is 5.85. The van der Waals surface area contributed by atoms with Gasteiger partial charge in [-0.3, -0.25) is 9.48 Å². The number of hydrogen-bond acceptors (Lipinski definition) is 4. The number of carbonyl (C=O) groups excluding carboxylic acids is 1. The van der Waals surface area contributed by atoms with Gasteiger partial charge in [-0.05, 0) is 22.8 Å². The van der Waals surface area contributed by atoms with Crippen LogP contribution in [0.2, 0.25) is 0 Å². The highest BCUT2D eigenvalue weighted by Crippen LogP contribution is 2.22. The van der Waals surface area contributed by atoms with Crippen molar-refractivity contribution in [2.75, 3.05) is 19.7 Å². The zero-order valence-corrected chi connectivity index (χ0v) is 15.3. The molecule has 0 N–H and O–H groups in total. The van der Waals surface area contributed by atoms with Gasteiger partial charge in [0.15, 0.2) is 0 Å². The van der Waals surface area contributed by atoms with Crippen molar-refractivity contribution in [2.45, 2.75) is 31.9 Å². The van der Waals surface area contributed by atoms with E-state index in [0.29, 0.717) is 26.1 Å². The molecule has 1 aromatic heterocycles. The first-order chi connectivity index (χ1) is 13.3. The Kier molecular flexibility index (Phi) is 5.44. The Morgan fingerprint density at radius 3 is 2.96 bits per heavy atom. The van der Waals surface area contributed by atoms with Crippen molar-refractivity contribution >= 4 is 16.7 Å². The Balaban J connectivity index is 1.34. The summed E-state index contributed by atoms with van der Waals surface area (Å²) in [5.74, 6) is 0.196. The van der Waals surface area contributed by atoms with Crippen LogP contribution in [0.1, 0.15) is 18.4 Å². The number of benzene rings is 2. The van der Waals surface area contributed by atoms with Gasteiger partial charge in [0.05, 0.1) is 12.7 Å². The van der Waals surface area contributed by atoms with Crippen molar-refractivity contribution in [2.24, 2.45) is 0 Å². The summed E-state index contributed by atoms with van der Waals surface area (Å²) in [7, 11) is 0. The van der Waals surface area contributed by atoms with Gasteiger partial charge in [0, 0.05) is 32.5 Å². The Labute approximate surface area is 158 Å². The maximum Gasteiger partial charge on any atom is 0.222 e. The van der Waals surface area contributed by atoms with Crippen LogP contribution in [0.3, 0.4) is 0 Å². The van der Waals surface area contributed by atoms with Crippen molar-refractivity contribution in [3.8, 4) is 0 Å². The number of fused-ring (bicyclic) bond motifs is 1. The Morgan fingerprint density at radius 1 is 1.19 bits per heavy atom. The summed E-state index contributed by atoms with van der Waals surface area (Å²) in [5.41, 5.74) is 1.28. The van der Waals surface area contributed by atoms with Gasteiger partial charge < -0.3 is 9.64 Å². The zero-order chi connectivity index (χ0) is 18.5. The molecule has 6 nitrogen and oxygen atoms in total. The van der Waals surface area contributed by atoms with Crippen LogP contribution in [-0.2, 0) is 22.5 Å². The van der Waals surface area contributed by atoms with Gasteiger partial charge in [-0.1, -0.05) is 42.5 Å². The standard InChI is InChI=1S/C21H24N4O2/c26-21(9-4-10-25-16-22-15-23-25)24-11-12-27-19(14-24)13-18-7-3-6-17-5-1-2-8-20(17)18/h1-3,5-8,15-16,19H,4,9-14H2. The maximum atomic E-state index is 12.6. The van der Waals surface area contributed by atoms with E-state index in [1.807, 2.05) is 4.90 Å². The summed E-state index contributed by atoms with van der Waals surface area (Å²) >= 11 is 0. The van der Waals surface area contributed by atoms with Crippen molar-refractivity contribution < 1.29 is 9.53 Å². The minimum Gasteiger partial charge on any atom is -0.374 e. The predicted octanol–water partition coefficient (Wildman–Crippen LogP) is 2.68. The van der Waals surface area contributed by atoms with Gasteiger partial charge in [0.2, 0.25) is 5.91 Å². The van der Waals surface area contributed by atoms with Gasteiger partial charge in [-0.25, -0.2) is 4.98 Å². The van der Waals surface area contributed by atoms with Crippen LogP contribution in [0.15, 0.2) is 55.1 Å². The number of morpholine rings is 1. The third kappa shape index (κ3) is 4.34. The summed E-state index contributed by atoms with van der Waals surface area (Å²) in [6.07, 6.45) is 5.36. The normalized spacial score (nSPS) is 17.3. The Morgan fingerprint density at radius 2 is 2.07 bits per heavy atom. The monoisotopic (exact) mass is 364 g/mol. The molecule has 1 aliphatic heterocycles. The molecule has 6 heteroatoms. The number of aryl methyl sites for hydroxylation is 1. The van der Waals surface area contributed by atoms with Crippen LogP contribution in [0, 0.1) is 0 Å².